The lowest BCUT2D eigenvalue weighted by molar-refractivity contribution is 0.191. The standard InChI is InChI=1S/C14H22O3S/c1-11(15)9-10-18(16,17)13-7-5-12(6-8-13)14(2,3)4/h5-8,11,15H,9-10H2,1-4H3. The third-order valence-corrected chi connectivity index (χ3v) is 4.65. The monoisotopic (exact) mass is 270 g/mol. The third kappa shape index (κ3) is 4.10. The van der Waals surface area contributed by atoms with Crippen molar-refractivity contribution < 1.29 is 13.5 Å². The van der Waals surface area contributed by atoms with Gasteiger partial charge in [-0.1, -0.05) is 32.9 Å². The zero-order chi connectivity index (χ0) is 14.0. The zero-order valence-electron chi connectivity index (χ0n) is 11.5. The summed E-state index contributed by atoms with van der Waals surface area (Å²) in [7, 11) is -3.28. The lowest BCUT2D eigenvalue weighted by Gasteiger charge is -2.19. The van der Waals surface area contributed by atoms with E-state index in [4.69, 9.17) is 5.11 Å². The topological polar surface area (TPSA) is 54.4 Å². The van der Waals surface area contributed by atoms with E-state index in [1.807, 2.05) is 12.1 Å². The van der Waals surface area contributed by atoms with Crippen LogP contribution in [0.2, 0.25) is 0 Å². The second kappa shape index (κ2) is 5.41. The van der Waals surface area contributed by atoms with Crippen molar-refractivity contribution >= 4 is 9.84 Å². The Labute approximate surface area is 110 Å². The van der Waals surface area contributed by atoms with E-state index in [1.165, 1.54) is 0 Å². The summed E-state index contributed by atoms with van der Waals surface area (Å²) in [6, 6.07) is 7.01. The molecule has 1 unspecified atom stereocenters. The van der Waals surface area contributed by atoms with E-state index in [2.05, 4.69) is 20.8 Å². The highest BCUT2D eigenvalue weighted by Gasteiger charge is 2.18. The van der Waals surface area contributed by atoms with Gasteiger partial charge in [0.1, 0.15) is 0 Å². The van der Waals surface area contributed by atoms with Crippen LogP contribution in [0.4, 0.5) is 0 Å². The van der Waals surface area contributed by atoms with Gasteiger partial charge in [-0.2, -0.15) is 0 Å². The van der Waals surface area contributed by atoms with Crippen LogP contribution in [-0.2, 0) is 15.3 Å². The molecule has 0 fully saturated rings. The third-order valence-electron chi connectivity index (χ3n) is 2.88. The van der Waals surface area contributed by atoms with Gasteiger partial charge < -0.3 is 5.11 Å². The zero-order valence-corrected chi connectivity index (χ0v) is 12.3. The number of hydrogen-bond acceptors (Lipinski definition) is 3. The molecule has 0 amide bonds. The van der Waals surface area contributed by atoms with Crippen molar-refractivity contribution in [2.24, 2.45) is 0 Å². The van der Waals surface area contributed by atoms with Gasteiger partial charge in [-0.25, -0.2) is 8.42 Å². The number of hydrogen-bond donors (Lipinski definition) is 1. The minimum absolute atomic E-state index is 0.0144. The maximum absolute atomic E-state index is 12.0. The predicted octanol–water partition coefficient (Wildman–Crippen LogP) is 2.53. The van der Waals surface area contributed by atoms with Crippen LogP contribution in [0.25, 0.3) is 0 Å². The molecule has 4 heteroatoms. The Morgan fingerprint density at radius 2 is 1.67 bits per heavy atom. The van der Waals surface area contributed by atoms with Crippen molar-refractivity contribution in [3.8, 4) is 0 Å². The maximum Gasteiger partial charge on any atom is 0.178 e. The van der Waals surface area contributed by atoms with Crippen molar-refractivity contribution in [1.82, 2.24) is 0 Å². The molecule has 3 nitrogen and oxygen atoms in total. The molecule has 0 aromatic heterocycles. The van der Waals surface area contributed by atoms with E-state index in [1.54, 1.807) is 19.1 Å². The SMILES string of the molecule is CC(O)CCS(=O)(=O)c1ccc(C(C)(C)C)cc1. The van der Waals surface area contributed by atoms with Crippen molar-refractivity contribution in [3.63, 3.8) is 0 Å². The average molecular weight is 270 g/mol. The molecular weight excluding hydrogens is 248 g/mol. The van der Waals surface area contributed by atoms with Crippen LogP contribution in [-0.4, -0.2) is 25.4 Å². The van der Waals surface area contributed by atoms with Crippen LogP contribution in [0.3, 0.4) is 0 Å². The number of aliphatic hydroxyl groups excluding tert-OH is 1. The van der Waals surface area contributed by atoms with E-state index in [0.29, 0.717) is 4.90 Å². The smallest absolute Gasteiger partial charge is 0.178 e. The normalized spacial score (nSPS) is 14.5. The molecular formula is C14H22O3S. The molecule has 102 valence electrons. The summed E-state index contributed by atoms with van der Waals surface area (Å²) in [6.07, 6.45) is -0.322. The Hall–Kier alpha value is -0.870. The molecule has 1 aromatic carbocycles. The van der Waals surface area contributed by atoms with Gasteiger partial charge in [0.2, 0.25) is 0 Å². The minimum atomic E-state index is -3.28. The molecule has 0 aliphatic carbocycles. The van der Waals surface area contributed by atoms with Gasteiger partial charge in [0.05, 0.1) is 16.8 Å². The molecule has 1 rings (SSSR count). The highest BCUT2D eigenvalue weighted by atomic mass is 32.2. The van der Waals surface area contributed by atoms with Gasteiger partial charge in [-0.05, 0) is 36.5 Å². The molecule has 0 saturated carbocycles. The van der Waals surface area contributed by atoms with E-state index < -0.39 is 15.9 Å². The Kier molecular flexibility index (Phi) is 4.56. The molecule has 0 bridgehead atoms. The highest BCUT2D eigenvalue weighted by Crippen LogP contribution is 2.23. The number of rotatable bonds is 4. The highest BCUT2D eigenvalue weighted by molar-refractivity contribution is 7.91. The van der Waals surface area contributed by atoms with E-state index >= 15 is 0 Å². The molecule has 1 N–H and O–H groups in total. The van der Waals surface area contributed by atoms with Crippen molar-refractivity contribution in [2.75, 3.05) is 5.75 Å². The molecule has 18 heavy (non-hydrogen) atoms. The van der Waals surface area contributed by atoms with Crippen LogP contribution in [0.5, 0.6) is 0 Å². The predicted molar refractivity (Wildman–Crippen MR) is 73.5 cm³/mol. The molecule has 0 radical (unpaired) electrons. The summed E-state index contributed by atoms with van der Waals surface area (Å²) >= 11 is 0. The second-order valence-corrected chi connectivity index (χ2v) is 7.84. The Bertz CT molecular complexity index is 479. The maximum atomic E-state index is 12.0. The number of sulfone groups is 1. The summed E-state index contributed by atoms with van der Waals surface area (Å²) in [4.78, 5) is 0.330. The molecule has 0 spiro atoms. The second-order valence-electron chi connectivity index (χ2n) is 5.73. The largest absolute Gasteiger partial charge is 0.393 e. The van der Waals surface area contributed by atoms with Gasteiger partial charge in [0.15, 0.2) is 9.84 Å². The Morgan fingerprint density at radius 3 is 2.06 bits per heavy atom. The van der Waals surface area contributed by atoms with Gasteiger partial charge in [0.25, 0.3) is 0 Å². The van der Waals surface area contributed by atoms with Gasteiger partial charge in [-0.3, -0.25) is 0 Å². The summed E-state index contributed by atoms with van der Waals surface area (Å²) in [5.41, 5.74) is 1.12. The summed E-state index contributed by atoms with van der Waals surface area (Å²) in [6.45, 7) is 7.86. The molecule has 0 aliphatic heterocycles. The minimum Gasteiger partial charge on any atom is -0.393 e. The first kappa shape index (κ1) is 15.2. The fraction of sp³-hybridized carbons (Fsp3) is 0.571. The number of benzene rings is 1. The van der Waals surface area contributed by atoms with E-state index in [9.17, 15) is 8.42 Å². The fourth-order valence-electron chi connectivity index (χ4n) is 1.61. The first-order valence-electron chi connectivity index (χ1n) is 6.14. The summed E-state index contributed by atoms with van der Waals surface area (Å²) in [5, 5.41) is 9.15. The fourth-order valence-corrected chi connectivity index (χ4v) is 3.04. The van der Waals surface area contributed by atoms with Crippen LogP contribution in [0, 0.1) is 0 Å². The van der Waals surface area contributed by atoms with Crippen molar-refractivity contribution in [3.05, 3.63) is 29.8 Å². The van der Waals surface area contributed by atoms with Crippen LogP contribution < -0.4 is 0 Å². The Balaban J connectivity index is 2.91. The Morgan fingerprint density at radius 1 is 1.17 bits per heavy atom. The number of aliphatic hydroxyl groups is 1. The van der Waals surface area contributed by atoms with E-state index in [-0.39, 0.29) is 17.6 Å². The van der Waals surface area contributed by atoms with Gasteiger partial charge >= 0.3 is 0 Å². The molecule has 0 saturated heterocycles. The molecule has 0 aliphatic rings. The molecule has 0 heterocycles. The van der Waals surface area contributed by atoms with Crippen LogP contribution >= 0.6 is 0 Å². The van der Waals surface area contributed by atoms with Crippen LogP contribution in [0.15, 0.2) is 29.2 Å². The summed E-state index contributed by atoms with van der Waals surface area (Å²) < 4.78 is 24.0. The van der Waals surface area contributed by atoms with Crippen molar-refractivity contribution in [2.45, 2.75) is 50.5 Å². The van der Waals surface area contributed by atoms with Gasteiger partial charge in [-0.15, -0.1) is 0 Å². The lowest BCUT2D eigenvalue weighted by Crippen LogP contribution is -2.14. The van der Waals surface area contributed by atoms with Gasteiger partial charge in [0, 0.05) is 0 Å². The first-order valence-corrected chi connectivity index (χ1v) is 7.79. The van der Waals surface area contributed by atoms with Crippen LogP contribution in [0.1, 0.15) is 39.7 Å². The average Bonchev–Trinajstić information content (AvgIpc) is 2.26. The van der Waals surface area contributed by atoms with E-state index in [0.717, 1.165) is 5.56 Å². The summed E-state index contributed by atoms with van der Waals surface area (Å²) in [5.74, 6) is -0.0144. The molecule has 1 aromatic rings. The molecule has 1 atom stereocenters. The van der Waals surface area contributed by atoms with Crippen molar-refractivity contribution in [1.29, 1.82) is 0 Å². The quantitative estimate of drug-likeness (QED) is 0.914. The first-order chi connectivity index (χ1) is 8.13. The lowest BCUT2D eigenvalue weighted by atomic mass is 9.87.